The highest BCUT2D eigenvalue weighted by atomic mass is 35.5. The van der Waals surface area contributed by atoms with Gasteiger partial charge in [0, 0.05) is 23.1 Å². The molecule has 208 valence electrons. The van der Waals surface area contributed by atoms with Gasteiger partial charge < -0.3 is 10.2 Å². The topological polar surface area (TPSA) is 86.8 Å². The number of rotatable bonds is 10. The van der Waals surface area contributed by atoms with Crippen molar-refractivity contribution in [2.24, 2.45) is 0 Å². The molecule has 1 N–H and O–H groups in total. The Morgan fingerprint density at radius 2 is 1.62 bits per heavy atom. The Kier molecular flexibility index (Phi) is 10.5. The molecule has 0 spiro atoms. The number of aryl methyl sites for hydroxylation is 1. The maximum absolute atomic E-state index is 13.9. The van der Waals surface area contributed by atoms with E-state index in [1.807, 2.05) is 6.92 Å². The predicted octanol–water partition coefficient (Wildman–Crippen LogP) is 6.36. The number of nitrogens with one attached hydrogen (secondary N) is 1. The minimum atomic E-state index is -4.28. The van der Waals surface area contributed by atoms with Crippen molar-refractivity contribution in [2.75, 3.05) is 17.4 Å². The van der Waals surface area contributed by atoms with E-state index in [-0.39, 0.29) is 27.2 Å². The van der Waals surface area contributed by atoms with Crippen molar-refractivity contribution in [3.8, 4) is 0 Å². The number of benzene rings is 3. The molecule has 0 saturated carbocycles. The Bertz CT molecular complexity index is 1470. The molecule has 0 fully saturated rings. The number of carbonyl (C=O) groups is 2. The van der Waals surface area contributed by atoms with Crippen LogP contribution in [0, 0.1) is 6.92 Å². The molecule has 0 aliphatic carbocycles. The largest absolute Gasteiger partial charge is 0.355 e. The van der Waals surface area contributed by atoms with Gasteiger partial charge in [0.2, 0.25) is 11.8 Å². The Hall–Kier alpha value is -2.49. The van der Waals surface area contributed by atoms with Crippen molar-refractivity contribution in [3.05, 3.63) is 91.9 Å². The van der Waals surface area contributed by atoms with Gasteiger partial charge in [-0.2, -0.15) is 0 Å². The van der Waals surface area contributed by atoms with E-state index in [2.05, 4.69) is 5.32 Å². The van der Waals surface area contributed by atoms with E-state index in [9.17, 15) is 18.0 Å². The summed E-state index contributed by atoms with van der Waals surface area (Å²) in [5.41, 5.74) is 1.41. The molecule has 3 aromatic carbocycles. The fourth-order valence-corrected chi connectivity index (χ4v) is 6.12. The number of hydrogen-bond donors (Lipinski definition) is 1. The maximum atomic E-state index is 13.9. The minimum absolute atomic E-state index is 0.0215. The lowest BCUT2D eigenvalue weighted by molar-refractivity contribution is -0.139. The fourth-order valence-electron chi connectivity index (χ4n) is 3.77. The third kappa shape index (κ3) is 7.38. The van der Waals surface area contributed by atoms with Gasteiger partial charge in [-0.1, -0.05) is 76.2 Å². The standard InChI is InChI=1S/C27H27Cl4N3O4S/c1-4-32-27(36)18(3)33(15-19-10-11-20(28)14-23(19)30)25(35)16-34(24-7-5-6-22(29)26(24)31)39(37,38)21-12-8-17(2)9-13-21/h5-14,18H,4,15-16H2,1-3H3,(H,32,36)/t18-/m0/s1. The number of anilines is 1. The van der Waals surface area contributed by atoms with Crippen molar-refractivity contribution in [2.45, 2.75) is 38.3 Å². The Labute approximate surface area is 248 Å². The Morgan fingerprint density at radius 3 is 2.23 bits per heavy atom. The summed E-state index contributed by atoms with van der Waals surface area (Å²) < 4.78 is 28.6. The molecule has 0 aromatic heterocycles. The SMILES string of the molecule is CCNC(=O)[C@H](C)N(Cc1ccc(Cl)cc1Cl)C(=O)CN(c1cccc(Cl)c1Cl)S(=O)(=O)c1ccc(C)cc1. The van der Waals surface area contributed by atoms with E-state index in [1.165, 1.54) is 41.3 Å². The third-order valence-corrected chi connectivity index (χ3v) is 9.13. The number of likely N-dealkylation sites (N-methyl/N-ethyl adjacent to an activating group) is 1. The van der Waals surface area contributed by atoms with E-state index in [0.29, 0.717) is 22.2 Å². The molecule has 0 bridgehead atoms. The summed E-state index contributed by atoms with van der Waals surface area (Å²) in [5, 5.41) is 3.48. The van der Waals surface area contributed by atoms with Gasteiger partial charge in [-0.3, -0.25) is 13.9 Å². The second-order valence-electron chi connectivity index (χ2n) is 8.73. The first-order valence-corrected chi connectivity index (χ1v) is 14.9. The van der Waals surface area contributed by atoms with Crippen LogP contribution in [-0.4, -0.2) is 44.3 Å². The Balaban J connectivity index is 2.09. The van der Waals surface area contributed by atoms with E-state index in [4.69, 9.17) is 46.4 Å². The summed E-state index contributed by atoms with van der Waals surface area (Å²) in [6, 6.07) is 14.5. The van der Waals surface area contributed by atoms with Crippen molar-refractivity contribution in [3.63, 3.8) is 0 Å². The normalized spacial score (nSPS) is 12.1. The van der Waals surface area contributed by atoms with Crippen LogP contribution < -0.4 is 9.62 Å². The molecule has 0 aliphatic heterocycles. The van der Waals surface area contributed by atoms with Gasteiger partial charge in [0.25, 0.3) is 10.0 Å². The zero-order valence-corrected chi connectivity index (χ0v) is 25.3. The van der Waals surface area contributed by atoms with Crippen LogP contribution in [0.2, 0.25) is 20.1 Å². The Morgan fingerprint density at radius 1 is 0.949 bits per heavy atom. The molecule has 12 heteroatoms. The average molecular weight is 631 g/mol. The van der Waals surface area contributed by atoms with Crippen LogP contribution in [0.1, 0.15) is 25.0 Å². The maximum Gasteiger partial charge on any atom is 0.264 e. The first kappa shape index (κ1) is 31.0. The van der Waals surface area contributed by atoms with Crippen molar-refractivity contribution >= 4 is 73.9 Å². The molecule has 3 rings (SSSR count). The minimum Gasteiger partial charge on any atom is -0.355 e. The lowest BCUT2D eigenvalue weighted by atomic mass is 10.1. The second-order valence-corrected chi connectivity index (χ2v) is 12.2. The van der Waals surface area contributed by atoms with E-state index in [1.54, 1.807) is 38.1 Å². The zero-order chi connectivity index (χ0) is 28.9. The highest BCUT2D eigenvalue weighted by Gasteiger charge is 2.33. The lowest BCUT2D eigenvalue weighted by Gasteiger charge is -2.32. The van der Waals surface area contributed by atoms with Crippen molar-refractivity contribution < 1.29 is 18.0 Å². The van der Waals surface area contributed by atoms with Crippen LogP contribution in [0.15, 0.2) is 65.6 Å². The van der Waals surface area contributed by atoms with Gasteiger partial charge >= 0.3 is 0 Å². The average Bonchev–Trinajstić information content (AvgIpc) is 2.88. The van der Waals surface area contributed by atoms with Crippen molar-refractivity contribution in [1.29, 1.82) is 0 Å². The monoisotopic (exact) mass is 629 g/mol. The first-order chi connectivity index (χ1) is 18.4. The van der Waals surface area contributed by atoms with E-state index < -0.39 is 34.4 Å². The van der Waals surface area contributed by atoms with Gasteiger partial charge in [-0.15, -0.1) is 0 Å². The van der Waals surface area contributed by atoms with E-state index in [0.717, 1.165) is 9.87 Å². The van der Waals surface area contributed by atoms with Crippen molar-refractivity contribution in [1.82, 2.24) is 10.2 Å². The molecule has 0 radical (unpaired) electrons. The van der Waals surface area contributed by atoms with Gasteiger partial charge in [-0.25, -0.2) is 8.42 Å². The summed E-state index contributed by atoms with van der Waals surface area (Å²) in [7, 11) is -4.28. The number of hydrogen-bond acceptors (Lipinski definition) is 4. The molecule has 0 aliphatic rings. The van der Waals surface area contributed by atoms with E-state index >= 15 is 0 Å². The number of nitrogens with zero attached hydrogens (tertiary/aromatic N) is 2. The molecule has 0 unspecified atom stereocenters. The third-order valence-electron chi connectivity index (χ3n) is 5.96. The number of sulfonamides is 1. The molecule has 39 heavy (non-hydrogen) atoms. The highest BCUT2D eigenvalue weighted by Crippen LogP contribution is 2.35. The van der Waals surface area contributed by atoms with Crippen LogP contribution in [-0.2, 0) is 26.2 Å². The van der Waals surface area contributed by atoms with Crippen LogP contribution in [0.4, 0.5) is 5.69 Å². The molecule has 1 atom stereocenters. The van der Waals surface area contributed by atoms with Gasteiger partial charge in [0.05, 0.1) is 20.6 Å². The molecule has 7 nitrogen and oxygen atoms in total. The zero-order valence-electron chi connectivity index (χ0n) is 21.4. The van der Waals surface area contributed by atoms with Crippen LogP contribution >= 0.6 is 46.4 Å². The van der Waals surface area contributed by atoms with Gasteiger partial charge in [0.15, 0.2) is 0 Å². The number of halogens is 4. The smallest absolute Gasteiger partial charge is 0.264 e. The van der Waals surface area contributed by atoms with Crippen LogP contribution in [0.3, 0.4) is 0 Å². The number of amides is 2. The van der Waals surface area contributed by atoms with Gasteiger partial charge in [-0.05, 0) is 62.7 Å². The first-order valence-electron chi connectivity index (χ1n) is 11.9. The molecule has 0 saturated heterocycles. The summed E-state index contributed by atoms with van der Waals surface area (Å²) in [6.07, 6.45) is 0. The number of carbonyl (C=O) groups excluding carboxylic acids is 2. The van der Waals surface area contributed by atoms with Crippen LogP contribution in [0.25, 0.3) is 0 Å². The fraction of sp³-hybridized carbons (Fsp3) is 0.259. The molecular formula is C27H27Cl4N3O4S. The van der Waals surface area contributed by atoms with Gasteiger partial charge in [0.1, 0.15) is 12.6 Å². The highest BCUT2D eigenvalue weighted by molar-refractivity contribution is 7.92. The molecule has 0 heterocycles. The molecule has 3 aromatic rings. The quantitative estimate of drug-likeness (QED) is 0.283. The summed E-state index contributed by atoms with van der Waals surface area (Å²) in [6.45, 7) is 4.74. The summed E-state index contributed by atoms with van der Waals surface area (Å²) in [5.74, 6) is -1.07. The second kappa shape index (κ2) is 13.2. The lowest BCUT2D eigenvalue weighted by Crippen LogP contribution is -2.51. The van der Waals surface area contributed by atoms with Crippen LogP contribution in [0.5, 0.6) is 0 Å². The predicted molar refractivity (Wildman–Crippen MR) is 157 cm³/mol. The molecule has 2 amide bonds. The summed E-state index contributed by atoms with van der Waals surface area (Å²) >= 11 is 25.0. The molecular weight excluding hydrogens is 604 g/mol. The summed E-state index contributed by atoms with van der Waals surface area (Å²) in [4.78, 5) is 27.9.